The Hall–Kier alpha value is -6.46. The zero-order valence-corrected chi connectivity index (χ0v) is 37.3. The highest BCUT2D eigenvalue weighted by molar-refractivity contribution is 7.13. The van der Waals surface area contributed by atoms with Crippen molar-refractivity contribution in [3.63, 3.8) is 0 Å². The summed E-state index contributed by atoms with van der Waals surface area (Å²) in [6.45, 7) is 6.44. The second-order valence-electron chi connectivity index (χ2n) is 16.5. The van der Waals surface area contributed by atoms with Crippen LogP contribution in [0.1, 0.15) is 73.5 Å². The molecule has 3 aromatic carbocycles. The molecule has 1 aromatic heterocycles. The summed E-state index contributed by atoms with van der Waals surface area (Å²) in [5, 5.41) is 28.4. The van der Waals surface area contributed by atoms with Crippen molar-refractivity contribution >= 4 is 41.0 Å². The fraction of sp³-hybridized carbons (Fsp3) is 0.391. The molecule has 4 N–H and O–H groups in total. The Bertz CT molecular complexity index is 2480. The molecule has 3 unspecified atom stereocenters. The SMILES string of the molecule is COc1cc(C=C(C#N)C(=O)NCCCC(=O)NC(C(=O)N2CC(O)CC2C(=O)NCc2ccc(-c3scnc3C)cc2)C(C)(C)C)ccc1OCc1ccc(C(F)(F)F)cc1C(F)(F)F. The first-order valence-electron chi connectivity index (χ1n) is 20.5. The Morgan fingerprint density at radius 1 is 0.985 bits per heavy atom. The van der Waals surface area contributed by atoms with Crippen molar-refractivity contribution in [3.8, 4) is 28.0 Å². The maximum absolute atomic E-state index is 14.0. The van der Waals surface area contributed by atoms with Crippen molar-refractivity contribution in [3.05, 3.63) is 105 Å². The van der Waals surface area contributed by atoms with Gasteiger partial charge >= 0.3 is 12.4 Å². The number of carbonyl (C=O) groups is 4. The Morgan fingerprint density at radius 3 is 2.30 bits per heavy atom. The Morgan fingerprint density at radius 2 is 1.70 bits per heavy atom. The maximum atomic E-state index is 14.0. The Labute approximate surface area is 380 Å². The van der Waals surface area contributed by atoms with Crippen LogP contribution < -0.4 is 25.4 Å². The quantitative estimate of drug-likeness (QED) is 0.0386. The van der Waals surface area contributed by atoms with Gasteiger partial charge in [0.25, 0.3) is 5.91 Å². The van der Waals surface area contributed by atoms with Gasteiger partial charge in [-0.3, -0.25) is 19.2 Å². The molecule has 1 saturated heterocycles. The average molecular weight is 943 g/mol. The van der Waals surface area contributed by atoms with Crippen LogP contribution in [0.5, 0.6) is 11.5 Å². The Kier molecular flexibility index (Phi) is 16.3. The summed E-state index contributed by atoms with van der Waals surface area (Å²) in [7, 11) is 1.23. The van der Waals surface area contributed by atoms with Gasteiger partial charge in [0.2, 0.25) is 17.7 Å². The number of aryl methyl sites for hydroxylation is 1. The number of aromatic nitrogens is 1. The second kappa shape index (κ2) is 21.2. The van der Waals surface area contributed by atoms with Crippen molar-refractivity contribution in [2.75, 3.05) is 20.2 Å². The number of β-amino-alcohol motifs (C(OH)–C–C–N with tert-alkyl or cyclic N) is 1. The molecule has 1 fully saturated rings. The van der Waals surface area contributed by atoms with Gasteiger partial charge in [0, 0.05) is 38.0 Å². The molecular formula is C46H48F6N6O7S. The van der Waals surface area contributed by atoms with Crippen LogP contribution in [0, 0.1) is 23.7 Å². The lowest BCUT2D eigenvalue weighted by Crippen LogP contribution is -2.57. The van der Waals surface area contributed by atoms with Gasteiger partial charge in [0.05, 0.1) is 40.4 Å². The van der Waals surface area contributed by atoms with Crippen LogP contribution >= 0.6 is 11.3 Å². The van der Waals surface area contributed by atoms with Gasteiger partial charge in [-0.1, -0.05) is 57.2 Å². The zero-order chi connectivity index (χ0) is 48.6. The first-order valence-corrected chi connectivity index (χ1v) is 21.4. The van der Waals surface area contributed by atoms with Crippen LogP contribution in [0.15, 0.2) is 71.7 Å². The number of benzene rings is 3. The Balaban J connectivity index is 1.13. The molecular weight excluding hydrogens is 895 g/mol. The van der Waals surface area contributed by atoms with Crippen molar-refractivity contribution in [2.45, 2.75) is 90.6 Å². The van der Waals surface area contributed by atoms with E-state index in [1.165, 1.54) is 47.6 Å². The molecule has 0 aliphatic carbocycles. The van der Waals surface area contributed by atoms with E-state index in [-0.39, 0.29) is 67.6 Å². The minimum atomic E-state index is -5.10. The molecule has 4 amide bonds. The van der Waals surface area contributed by atoms with Gasteiger partial charge in [-0.15, -0.1) is 11.3 Å². The predicted octanol–water partition coefficient (Wildman–Crippen LogP) is 7.36. The summed E-state index contributed by atoms with van der Waals surface area (Å²) in [4.78, 5) is 60.1. The maximum Gasteiger partial charge on any atom is 0.416 e. The molecule has 0 radical (unpaired) electrons. The highest BCUT2D eigenvalue weighted by atomic mass is 32.1. The number of nitrogens with one attached hydrogen (secondary N) is 3. The summed E-state index contributed by atoms with van der Waals surface area (Å²) in [6.07, 6.45) is -9.85. The van der Waals surface area contributed by atoms with E-state index in [0.29, 0.717) is 12.1 Å². The fourth-order valence-electron chi connectivity index (χ4n) is 7.07. The number of halogens is 6. The number of alkyl halides is 6. The minimum Gasteiger partial charge on any atom is -0.493 e. The number of rotatable bonds is 16. The molecule has 13 nitrogen and oxygen atoms in total. The lowest BCUT2D eigenvalue weighted by Gasteiger charge is -2.35. The second-order valence-corrected chi connectivity index (χ2v) is 17.4. The summed E-state index contributed by atoms with van der Waals surface area (Å²) < 4.78 is 90.9. The number of methoxy groups -OCH3 is 1. The topological polar surface area (TPSA) is 183 Å². The lowest BCUT2D eigenvalue weighted by atomic mass is 9.85. The first-order chi connectivity index (χ1) is 31.0. The summed E-state index contributed by atoms with van der Waals surface area (Å²) in [6, 6.07) is 12.6. The highest BCUT2D eigenvalue weighted by Gasteiger charge is 2.44. The van der Waals surface area contributed by atoms with Crippen LogP contribution in [0.3, 0.4) is 0 Å². The molecule has 1 aliphatic rings. The van der Waals surface area contributed by atoms with Crippen LogP contribution in [0.4, 0.5) is 26.3 Å². The summed E-state index contributed by atoms with van der Waals surface area (Å²) >= 11 is 1.53. The molecule has 2 heterocycles. The third kappa shape index (κ3) is 13.1. The number of carbonyl (C=O) groups excluding carboxylic acids is 4. The van der Waals surface area contributed by atoms with Gasteiger partial charge < -0.3 is 35.4 Å². The van der Waals surface area contributed by atoms with Crippen molar-refractivity contribution in [1.82, 2.24) is 25.8 Å². The highest BCUT2D eigenvalue weighted by Crippen LogP contribution is 2.39. The van der Waals surface area contributed by atoms with Gasteiger partial charge in [-0.2, -0.15) is 31.6 Å². The standard InChI is InChI=1S/C46H48F6N6O7S/c1-26-39(66-25-56-26)29-11-8-27(9-12-29)22-55-42(62)35-20-33(59)23-58(35)43(63)40(44(2,3)4)57-38(60)7-6-16-54-41(61)31(21-53)17-28-10-15-36(37(18-28)64-5)65-24-30-13-14-32(45(47,48)49)19-34(30)46(50,51)52/h8-15,17-19,25,33,35,40,59H,6-7,16,20,22-24H2,1-5H3,(H,54,61)(H,55,62)(H,57,60). The van der Waals surface area contributed by atoms with E-state index in [1.807, 2.05) is 31.2 Å². The molecule has 66 heavy (non-hydrogen) atoms. The minimum absolute atomic E-state index is 0.00822. The van der Waals surface area contributed by atoms with Crippen LogP contribution in [0.25, 0.3) is 16.5 Å². The predicted molar refractivity (Wildman–Crippen MR) is 231 cm³/mol. The van der Waals surface area contributed by atoms with Crippen LogP contribution in [-0.2, 0) is 44.7 Å². The zero-order valence-electron chi connectivity index (χ0n) is 36.5. The smallest absolute Gasteiger partial charge is 0.416 e. The van der Waals surface area contributed by atoms with E-state index in [0.717, 1.165) is 21.7 Å². The molecule has 0 spiro atoms. The number of likely N-dealkylation sites (tertiary alicyclic amines) is 1. The average Bonchev–Trinajstić information content (AvgIpc) is 3.88. The first kappa shape index (κ1) is 50.5. The molecule has 3 atom stereocenters. The van der Waals surface area contributed by atoms with E-state index in [4.69, 9.17) is 9.47 Å². The number of nitrogens with zero attached hydrogens (tertiary/aromatic N) is 3. The molecule has 5 rings (SSSR count). The van der Waals surface area contributed by atoms with Crippen LogP contribution in [-0.4, -0.2) is 77.0 Å². The van der Waals surface area contributed by atoms with Crippen molar-refractivity contribution in [1.29, 1.82) is 5.26 Å². The molecule has 0 saturated carbocycles. The van der Waals surface area contributed by atoms with Crippen LogP contribution in [0.2, 0.25) is 0 Å². The van der Waals surface area contributed by atoms with Crippen molar-refractivity contribution < 1.29 is 60.1 Å². The van der Waals surface area contributed by atoms with Crippen molar-refractivity contribution in [2.24, 2.45) is 5.41 Å². The number of hydrogen-bond donors (Lipinski definition) is 4. The number of thiazole rings is 1. The third-order valence-corrected chi connectivity index (χ3v) is 11.5. The fourth-order valence-corrected chi connectivity index (χ4v) is 7.88. The van der Waals surface area contributed by atoms with Gasteiger partial charge in [-0.25, -0.2) is 4.98 Å². The number of aliphatic hydroxyl groups excluding tert-OH is 1. The van der Waals surface area contributed by atoms with E-state index in [1.54, 1.807) is 32.4 Å². The monoisotopic (exact) mass is 942 g/mol. The molecule has 20 heteroatoms. The number of aliphatic hydroxyl groups is 1. The molecule has 352 valence electrons. The number of amides is 4. The number of ether oxygens (including phenoxy) is 2. The lowest BCUT2D eigenvalue weighted by molar-refractivity contribution is -0.144. The van der Waals surface area contributed by atoms with Gasteiger partial charge in [0.1, 0.15) is 30.3 Å². The number of hydrogen-bond acceptors (Lipinski definition) is 10. The van der Waals surface area contributed by atoms with E-state index < -0.39 is 82.9 Å². The molecule has 0 bridgehead atoms. The number of nitriles is 1. The van der Waals surface area contributed by atoms with Gasteiger partial charge in [0.15, 0.2) is 11.5 Å². The largest absolute Gasteiger partial charge is 0.493 e. The van der Waals surface area contributed by atoms with Gasteiger partial charge in [-0.05, 0) is 65.8 Å². The van der Waals surface area contributed by atoms with E-state index in [2.05, 4.69) is 20.9 Å². The van der Waals surface area contributed by atoms with E-state index >= 15 is 0 Å². The normalized spacial score (nSPS) is 16.0. The third-order valence-electron chi connectivity index (χ3n) is 10.6. The van der Waals surface area contributed by atoms with E-state index in [9.17, 15) is 55.9 Å². The molecule has 4 aromatic rings. The molecule has 1 aliphatic heterocycles. The summed E-state index contributed by atoms with van der Waals surface area (Å²) in [5.74, 6) is -2.39. The summed E-state index contributed by atoms with van der Waals surface area (Å²) in [5.41, 5.74) is 0.0852.